The summed E-state index contributed by atoms with van der Waals surface area (Å²) in [5, 5.41) is 19.6. The highest BCUT2D eigenvalue weighted by molar-refractivity contribution is 7.91. The Morgan fingerprint density at radius 2 is 1.95 bits per heavy atom. The zero-order chi connectivity index (χ0) is 15.4. The van der Waals surface area contributed by atoms with Gasteiger partial charge in [-0.1, -0.05) is 0 Å². The van der Waals surface area contributed by atoms with Crippen LogP contribution in [0.4, 0.5) is 10.7 Å². The van der Waals surface area contributed by atoms with E-state index in [1.807, 2.05) is 6.07 Å². The number of aliphatic hydroxyl groups excluding tert-OH is 1. The van der Waals surface area contributed by atoms with Gasteiger partial charge in [-0.05, 0) is 25.7 Å². The molecule has 2 fully saturated rings. The number of hydrogen-bond donors (Lipinski definition) is 2. The van der Waals surface area contributed by atoms with Gasteiger partial charge in [0, 0.05) is 18.3 Å². The SMILES string of the molecule is CS(=O)(=O)c1c(N2C3CCC2CC(O)C3)sc(C#N)c1N. The van der Waals surface area contributed by atoms with Crippen molar-refractivity contribution in [1.82, 2.24) is 0 Å². The number of anilines is 2. The standard InChI is InChI=1S/C13H17N3O3S2/c1-21(18,19)12-11(15)10(6-14)20-13(12)16-7-2-3-8(16)5-9(17)4-7/h7-9,17H,2-5,15H2,1H3. The van der Waals surface area contributed by atoms with Crippen LogP contribution in [0.15, 0.2) is 4.90 Å². The third-order valence-corrected chi connectivity index (χ3v) is 6.70. The van der Waals surface area contributed by atoms with Crippen LogP contribution in [-0.4, -0.2) is 38.0 Å². The van der Waals surface area contributed by atoms with Gasteiger partial charge in [-0.3, -0.25) is 0 Å². The molecule has 1 aromatic heterocycles. The lowest BCUT2D eigenvalue weighted by Crippen LogP contribution is -2.44. The topological polar surface area (TPSA) is 107 Å². The van der Waals surface area contributed by atoms with E-state index < -0.39 is 9.84 Å². The highest BCUT2D eigenvalue weighted by Crippen LogP contribution is 2.48. The zero-order valence-corrected chi connectivity index (χ0v) is 13.2. The highest BCUT2D eigenvalue weighted by Gasteiger charge is 2.43. The molecule has 1 aromatic rings. The van der Waals surface area contributed by atoms with Crippen LogP contribution in [-0.2, 0) is 9.84 Å². The van der Waals surface area contributed by atoms with Crippen molar-refractivity contribution >= 4 is 31.9 Å². The summed E-state index contributed by atoms with van der Waals surface area (Å²) in [4.78, 5) is 2.40. The number of fused-ring (bicyclic) bond motifs is 2. The Kier molecular flexibility index (Phi) is 3.39. The van der Waals surface area contributed by atoms with Crippen molar-refractivity contribution in [2.24, 2.45) is 0 Å². The molecule has 2 aliphatic rings. The Balaban J connectivity index is 2.14. The third kappa shape index (κ3) is 2.29. The Hall–Kier alpha value is -1.30. The van der Waals surface area contributed by atoms with Gasteiger partial charge in [0.15, 0.2) is 9.84 Å². The Labute approximate surface area is 127 Å². The summed E-state index contributed by atoms with van der Waals surface area (Å²) in [5.74, 6) is 0. The van der Waals surface area contributed by atoms with Gasteiger partial charge in [-0.25, -0.2) is 8.42 Å². The zero-order valence-electron chi connectivity index (χ0n) is 11.6. The van der Waals surface area contributed by atoms with Gasteiger partial charge in [0.05, 0.1) is 11.8 Å². The molecule has 0 amide bonds. The van der Waals surface area contributed by atoms with Crippen LogP contribution in [0.25, 0.3) is 0 Å². The van der Waals surface area contributed by atoms with Crippen molar-refractivity contribution in [1.29, 1.82) is 5.26 Å². The lowest BCUT2D eigenvalue weighted by atomic mass is 10.0. The first-order valence-corrected chi connectivity index (χ1v) is 9.52. The molecule has 3 rings (SSSR count). The number of piperidine rings is 1. The number of nitriles is 1. The minimum atomic E-state index is -3.51. The minimum absolute atomic E-state index is 0.0607. The Morgan fingerprint density at radius 3 is 2.43 bits per heavy atom. The van der Waals surface area contributed by atoms with Gasteiger partial charge in [0.25, 0.3) is 0 Å². The quantitative estimate of drug-likeness (QED) is 0.842. The fourth-order valence-electron chi connectivity index (χ4n) is 3.51. The third-order valence-electron chi connectivity index (χ3n) is 4.30. The van der Waals surface area contributed by atoms with E-state index in [1.165, 1.54) is 0 Å². The molecule has 0 radical (unpaired) electrons. The molecular formula is C13H17N3O3S2. The molecule has 2 unspecified atom stereocenters. The number of thiophene rings is 1. The smallest absolute Gasteiger partial charge is 0.180 e. The van der Waals surface area contributed by atoms with E-state index in [0.29, 0.717) is 17.8 Å². The molecule has 2 bridgehead atoms. The largest absolute Gasteiger partial charge is 0.396 e. The Bertz CT molecular complexity index is 706. The van der Waals surface area contributed by atoms with Crippen molar-refractivity contribution in [3.8, 4) is 6.07 Å². The van der Waals surface area contributed by atoms with Crippen molar-refractivity contribution in [3.63, 3.8) is 0 Å². The number of nitrogen functional groups attached to an aromatic ring is 1. The van der Waals surface area contributed by atoms with E-state index in [4.69, 9.17) is 11.0 Å². The van der Waals surface area contributed by atoms with E-state index in [9.17, 15) is 13.5 Å². The maximum Gasteiger partial charge on any atom is 0.180 e. The number of hydrogen-bond acceptors (Lipinski definition) is 7. The second kappa shape index (κ2) is 4.87. The van der Waals surface area contributed by atoms with Crippen molar-refractivity contribution in [2.45, 2.75) is 48.8 Å². The molecule has 114 valence electrons. The fraction of sp³-hybridized carbons (Fsp3) is 0.615. The maximum absolute atomic E-state index is 12.1. The predicted molar refractivity (Wildman–Crippen MR) is 81.1 cm³/mol. The van der Waals surface area contributed by atoms with Gasteiger partial charge >= 0.3 is 0 Å². The summed E-state index contributed by atoms with van der Waals surface area (Å²) in [7, 11) is -3.51. The molecular weight excluding hydrogens is 310 g/mol. The molecule has 3 N–H and O–H groups in total. The second-order valence-electron chi connectivity index (χ2n) is 5.78. The lowest BCUT2D eigenvalue weighted by molar-refractivity contribution is 0.126. The monoisotopic (exact) mass is 327 g/mol. The summed E-state index contributed by atoms with van der Waals surface area (Å²) in [6, 6.07) is 2.24. The summed E-state index contributed by atoms with van der Waals surface area (Å²) >= 11 is 1.15. The molecule has 8 heteroatoms. The Morgan fingerprint density at radius 1 is 1.38 bits per heavy atom. The summed E-state index contributed by atoms with van der Waals surface area (Å²) in [6.07, 6.45) is 3.94. The molecule has 3 heterocycles. The molecule has 0 aliphatic carbocycles. The van der Waals surface area contributed by atoms with Gasteiger partial charge in [0.2, 0.25) is 0 Å². The van der Waals surface area contributed by atoms with Crippen molar-refractivity contribution < 1.29 is 13.5 Å². The molecule has 2 aliphatic heterocycles. The first-order chi connectivity index (χ1) is 9.82. The van der Waals surface area contributed by atoms with E-state index in [0.717, 1.165) is 30.4 Å². The lowest BCUT2D eigenvalue weighted by Gasteiger charge is -2.38. The molecule has 0 aromatic carbocycles. The van der Waals surface area contributed by atoms with E-state index in [-0.39, 0.29) is 33.6 Å². The molecule has 6 nitrogen and oxygen atoms in total. The van der Waals surface area contributed by atoms with Gasteiger partial charge in [-0.2, -0.15) is 5.26 Å². The van der Waals surface area contributed by atoms with Crippen molar-refractivity contribution in [3.05, 3.63) is 4.88 Å². The first-order valence-electron chi connectivity index (χ1n) is 6.81. The van der Waals surface area contributed by atoms with Crippen LogP contribution in [0, 0.1) is 11.3 Å². The van der Waals surface area contributed by atoms with Crippen LogP contribution in [0.3, 0.4) is 0 Å². The average molecular weight is 327 g/mol. The number of aliphatic hydroxyl groups is 1. The molecule has 21 heavy (non-hydrogen) atoms. The number of sulfone groups is 1. The van der Waals surface area contributed by atoms with E-state index in [1.54, 1.807) is 0 Å². The average Bonchev–Trinajstić information content (AvgIpc) is 2.84. The molecule has 0 spiro atoms. The summed E-state index contributed by atoms with van der Waals surface area (Å²) in [6.45, 7) is 0. The van der Waals surface area contributed by atoms with E-state index >= 15 is 0 Å². The number of nitrogens with two attached hydrogens (primary N) is 1. The van der Waals surface area contributed by atoms with Gasteiger partial charge in [-0.15, -0.1) is 11.3 Å². The first kappa shape index (κ1) is 14.6. The van der Waals surface area contributed by atoms with Crippen LogP contribution in [0.2, 0.25) is 0 Å². The highest BCUT2D eigenvalue weighted by atomic mass is 32.2. The molecule has 0 saturated carbocycles. The van der Waals surface area contributed by atoms with Gasteiger partial charge < -0.3 is 15.7 Å². The van der Waals surface area contributed by atoms with Crippen LogP contribution >= 0.6 is 11.3 Å². The van der Waals surface area contributed by atoms with Gasteiger partial charge in [0.1, 0.15) is 20.8 Å². The molecule has 2 atom stereocenters. The predicted octanol–water partition coefficient (Wildman–Crippen LogP) is 1.10. The van der Waals surface area contributed by atoms with Crippen molar-refractivity contribution in [2.75, 3.05) is 16.9 Å². The number of nitrogens with zero attached hydrogens (tertiary/aromatic N) is 2. The van der Waals surface area contributed by atoms with E-state index in [2.05, 4.69) is 4.90 Å². The summed E-state index contributed by atoms with van der Waals surface area (Å²) in [5.41, 5.74) is 5.94. The number of rotatable bonds is 2. The van der Waals surface area contributed by atoms with Crippen LogP contribution in [0.5, 0.6) is 0 Å². The van der Waals surface area contributed by atoms with Crippen LogP contribution < -0.4 is 10.6 Å². The second-order valence-corrected chi connectivity index (χ2v) is 8.73. The van der Waals surface area contributed by atoms with Crippen LogP contribution in [0.1, 0.15) is 30.6 Å². The molecule has 2 saturated heterocycles. The normalized spacial score (nSPS) is 28.6. The summed E-state index contributed by atoms with van der Waals surface area (Å²) < 4.78 is 24.2. The minimum Gasteiger partial charge on any atom is -0.396 e. The fourth-order valence-corrected chi connectivity index (χ4v) is 6.13. The maximum atomic E-state index is 12.1.